The fourth-order valence-corrected chi connectivity index (χ4v) is 2.93. The Bertz CT molecular complexity index is 157. The van der Waals surface area contributed by atoms with Crippen molar-refractivity contribution >= 4 is 0 Å². The van der Waals surface area contributed by atoms with Crippen molar-refractivity contribution in [1.29, 1.82) is 0 Å². The SMILES string of the molecule is CCCCCC(C)C1CCC(C)(C)C1. The lowest BCUT2D eigenvalue weighted by Crippen LogP contribution is -2.11. The van der Waals surface area contributed by atoms with Crippen LogP contribution in [0.1, 0.15) is 72.6 Å². The van der Waals surface area contributed by atoms with Crippen molar-refractivity contribution in [2.24, 2.45) is 17.3 Å². The van der Waals surface area contributed by atoms with E-state index < -0.39 is 0 Å². The molecule has 1 saturated carbocycles. The van der Waals surface area contributed by atoms with Crippen molar-refractivity contribution in [1.82, 2.24) is 0 Å². The second-order valence-electron chi connectivity index (χ2n) is 6.14. The first kappa shape index (κ1) is 12.1. The molecule has 0 aromatic carbocycles. The first-order valence-corrected chi connectivity index (χ1v) is 6.55. The topological polar surface area (TPSA) is 0 Å². The third-order valence-corrected chi connectivity index (χ3v) is 4.07. The van der Waals surface area contributed by atoms with Crippen molar-refractivity contribution in [3.63, 3.8) is 0 Å². The Morgan fingerprint density at radius 2 is 2.00 bits per heavy atom. The Balaban J connectivity index is 2.22. The molecule has 1 aliphatic rings. The fraction of sp³-hybridized carbons (Fsp3) is 1.00. The molecule has 0 heterocycles. The molecule has 0 aliphatic heterocycles. The molecule has 1 rings (SSSR count). The van der Waals surface area contributed by atoms with E-state index in [2.05, 4.69) is 27.7 Å². The van der Waals surface area contributed by atoms with Gasteiger partial charge in [0.15, 0.2) is 0 Å². The van der Waals surface area contributed by atoms with Gasteiger partial charge in [0.1, 0.15) is 0 Å². The van der Waals surface area contributed by atoms with Crippen LogP contribution in [-0.4, -0.2) is 0 Å². The Hall–Kier alpha value is 0. The molecule has 0 aromatic rings. The summed E-state index contributed by atoms with van der Waals surface area (Å²) in [6.45, 7) is 9.64. The largest absolute Gasteiger partial charge is 0.0654 e. The van der Waals surface area contributed by atoms with E-state index >= 15 is 0 Å². The highest BCUT2D eigenvalue weighted by atomic mass is 14.4. The molecule has 0 N–H and O–H groups in total. The van der Waals surface area contributed by atoms with Crippen molar-refractivity contribution in [3.05, 3.63) is 0 Å². The van der Waals surface area contributed by atoms with Gasteiger partial charge in [-0.2, -0.15) is 0 Å². The van der Waals surface area contributed by atoms with Crippen LogP contribution in [-0.2, 0) is 0 Å². The highest BCUT2D eigenvalue weighted by molar-refractivity contribution is 4.84. The lowest BCUT2D eigenvalue weighted by molar-refractivity contribution is 0.293. The summed E-state index contributed by atoms with van der Waals surface area (Å²) in [5.41, 5.74) is 0.643. The third kappa shape index (κ3) is 3.63. The molecule has 0 bridgehead atoms. The summed E-state index contributed by atoms with van der Waals surface area (Å²) in [5, 5.41) is 0. The van der Waals surface area contributed by atoms with Gasteiger partial charge < -0.3 is 0 Å². The molecular weight excluding hydrogens is 168 g/mol. The molecule has 2 atom stereocenters. The van der Waals surface area contributed by atoms with Crippen molar-refractivity contribution in [2.45, 2.75) is 72.6 Å². The molecule has 1 fully saturated rings. The van der Waals surface area contributed by atoms with Gasteiger partial charge in [-0.25, -0.2) is 0 Å². The molecule has 0 amide bonds. The summed E-state index contributed by atoms with van der Waals surface area (Å²) in [6, 6.07) is 0. The molecule has 1 aliphatic carbocycles. The van der Waals surface area contributed by atoms with E-state index in [0.717, 1.165) is 11.8 Å². The zero-order chi connectivity index (χ0) is 10.6. The fourth-order valence-electron chi connectivity index (χ4n) is 2.93. The van der Waals surface area contributed by atoms with Gasteiger partial charge in [-0.15, -0.1) is 0 Å². The summed E-state index contributed by atoms with van der Waals surface area (Å²) in [6.07, 6.45) is 10.1. The van der Waals surface area contributed by atoms with Gasteiger partial charge in [0.2, 0.25) is 0 Å². The van der Waals surface area contributed by atoms with Gasteiger partial charge in [0, 0.05) is 0 Å². The minimum atomic E-state index is 0.643. The van der Waals surface area contributed by atoms with Gasteiger partial charge in [-0.1, -0.05) is 53.4 Å². The maximum absolute atomic E-state index is 2.47. The van der Waals surface area contributed by atoms with E-state index in [1.807, 2.05) is 0 Å². The summed E-state index contributed by atoms with van der Waals surface area (Å²) in [5.74, 6) is 2.00. The molecule has 0 heteroatoms. The normalized spacial score (nSPS) is 27.9. The van der Waals surface area contributed by atoms with Crippen LogP contribution in [0.25, 0.3) is 0 Å². The van der Waals surface area contributed by atoms with Crippen LogP contribution in [0.5, 0.6) is 0 Å². The minimum Gasteiger partial charge on any atom is -0.0654 e. The summed E-state index contributed by atoms with van der Waals surface area (Å²) in [7, 11) is 0. The molecule has 0 nitrogen and oxygen atoms in total. The number of rotatable bonds is 5. The summed E-state index contributed by atoms with van der Waals surface area (Å²) < 4.78 is 0. The van der Waals surface area contributed by atoms with Crippen LogP contribution in [0.2, 0.25) is 0 Å². The van der Waals surface area contributed by atoms with E-state index in [9.17, 15) is 0 Å². The predicted molar refractivity (Wildman–Crippen MR) is 64.4 cm³/mol. The van der Waals surface area contributed by atoms with E-state index in [0.29, 0.717) is 5.41 Å². The number of unbranched alkanes of at least 4 members (excludes halogenated alkanes) is 2. The van der Waals surface area contributed by atoms with Gasteiger partial charge in [0.05, 0.1) is 0 Å². The van der Waals surface area contributed by atoms with Crippen LogP contribution in [0.15, 0.2) is 0 Å². The van der Waals surface area contributed by atoms with Crippen molar-refractivity contribution in [3.8, 4) is 0 Å². The van der Waals surface area contributed by atoms with E-state index in [4.69, 9.17) is 0 Å². The van der Waals surface area contributed by atoms with Crippen LogP contribution in [0.3, 0.4) is 0 Å². The third-order valence-electron chi connectivity index (χ3n) is 4.07. The van der Waals surface area contributed by atoms with E-state index in [-0.39, 0.29) is 0 Å². The zero-order valence-electron chi connectivity index (χ0n) is 10.6. The first-order chi connectivity index (χ1) is 6.55. The standard InChI is InChI=1S/C14H28/c1-5-6-7-8-12(2)13-9-10-14(3,4)11-13/h12-13H,5-11H2,1-4H3. The highest BCUT2D eigenvalue weighted by Crippen LogP contribution is 2.44. The second-order valence-corrected chi connectivity index (χ2v) is 6.14. The van der Waals surface area contributed by atoms with E-state index in [1.165, 1.54) is 44.9 Å². The maximum atomic E-state index is 2.47. The lowest BCUT2D eigenvalue weighted by atomic mass is 9.84. The molecule has 0 saturated heterocycles. The minimum absolute atomic E-state index is 0.643. The van der Waals surface area contributed by atoms with Crippen molar-refractivity contribution < 1.29 is 0 Å². The Morgan fingerprint density at radius 1 is 1.29 bits per heavy atom. The zero-order valence-corrected chi connectivity index (χ0v) is 10.6. The summed E-state index contributed by atoms with van der Waals surface area (Å²) in [4.78, 5) is 0. The lowest BCUT2D eigenvalue weighted by Gasteiger charge is -2.21. The average Bonchev–Trinajstić information content (AvgIpc) is 2.46. The first-order valence-electron chi connectivity index (χ1n) is 6.55. The predicted octanol–water partition coefficient (Wildman–Crippen LogP) is 5.03. The molecule has 14 heavy (non-hydrogen) atoms. The van der Waals surface area contributed by atoms with E-state index in [1.54, 1.807) is 0 Å². The summed E-state index contributed by atoms with van der Waals surface area (Å²) >= 11 is 0. The van der Waals surface area contributed by atoms with Gasteiger partial charge in [-0.3, -0.25) is 0 Å². The smallest absolute Gasteiger partial charge is 0.0351 e. The van der Waals surface area contributed by atoms with Gasteiger partial charge in [-0.05, 0) is 36.5 Å². The molecule has 0 aromatic heterocycles. The number of hydrogen-bond donors (Lipinski definition) is 0. The molecular formula is C14H28. The number of hydrogen-bond acceptors (Lipinski definition) is 0. The quantitative estimate of drug-likeness (QED) is 0.541. The molecule has 84 valence electrons. The average molecular weight is 196 g/mol. The molecule has 0 spiro atoms. The van der Waals surface area contributed by atoms with Crippen LogP contribution in [0, 0.1) is 17.3 Å². The molecule has 2 unspecified atom stereocenters. The maximum Gasteiger partial charge on any atom is -0.0351 e. The van der Waals surface area contributed by atoms with Crippen LogP contribution in [0.4, 0.5) is 0 Å². The van der Waals surface area contributed by atoms with Crippen LogP contribution < -0.4 is 0 Å². The Morgan fingerprint density at radius 3 is 2.50 bits per heavy atom. The second kappa shape index (κ2) is 5.19. The molecule has 0 radical (unpaired) electrons. The monoisotopic (exact) mass is 196 g/mol. The Labute approximate surface area is 90.5 Å². The Kier molecular flexibility index (Phi) is 4.47. The van der Waals surface area contributed by atoms with Gasteiger partial charge in [0.25, 0.3) is 0 Å². The van der Waals surface area contributed by atoms with Crippen molar-refractivity contribution in [2.75, 3.05) is 0 Å². The highest BCUT2D eigenvalue weighted by Gasteiger charge is 2.33. The van der Waals surface area contributed by atoms with Gasteiger partial charge >= 0.3 is 0 Å². The van der Waals surface area contributed by atoms with Crippen LogP contribution >= 0.6 is 0 Å².